The minimum Gasteiger partial charge on any atom is -0.493 e. The smallest absolute Gasteiger partial charge is 0.231 e. The summed E-state index contributed by atoms with van der Waals surface area (Å²) in [6.45, 7) is 0.181. The number of ether oxygens (including phenoxy) is 5. The van der Waals surface area contributed by atoms with E-state index in [9.17, 15) is 0 Å². The molecule has 0 spiro atoms. The second-order valence-electron chi connectivity index (χ2n) is 6.93. The molecule has 1 aliphatic rings. The zero-order valence-corrected chi connectivity index (χ0v) is 16.1. The molecule has 1 aliphatic heterocycles. The highest BCUT2D eigenvalue weighted by molar-refractivity contribution is 6.27. The Kier molecular flexibility index (Phi) is 3.16. The Labute approximate surface area is 165 Å². The zero-order chi connectivity index (χ0) is 19.7. The van der Waals surface area contributed by atoms with Crippen molar-refractivity contribution in [3.8, 4) is 28.7 Å². The molecule has 0 unspecified atom stereocenters. The van der Waals surface area contributed by atoms with Gasteiger partial charge in [0.1, 0.15) is 0 Å². The third-order valence-corrected chi connectivity index (χ3v) is 5.62. The van der Waals surface area contributed by atoms with Crippen LogP contribution in [0.15, 0.2) is 30.3 Å². The van der Waals surface area contributed by atoms with Crippen molar-refractivity contribution in [3.05, 3.63) is 30.3 Å². The van der Waals surface area contributed by atoms with Gasteiger partial charge in [0.15, 0.2) is 23.0 Å². The maximum atomic E-state index is 5.94. The van der Waals surface area contributed by atoms with Crippen LogP contribution in [-0.2, 0) is 0 Å². The quantitative estimate of drug-likeness (QED) is 0.467. The van der Waals surface area contributed by atoms with E-state index in [0.29, 0.717) is 17.2 Å². The summed E-state index contributed by atoms with van der Waals surface area (Å²) in [6.07, 6.45) is 0. The number of nitrogens with one attached hydrogen (secondary N) is 2. The summed E-state index contributed by atoms with van der Waals surface area (Å²) in [5.41, 5.74) is 3.73. The molecule has 146 valence electrons. The van der Waals surface area contributed by atoms with Crippen molar-refractivity contribution in [2.75, 3.05) is 28.1 Å². The zero-order valence-electron chi connectivity index (χ0n) is 16.1. The number of rotatable bonds is 3. The van der Waals surface area contributed by atoms with Crippen LogP contribution < -0.4 is 23.7 Å². The highest BCUT2D eigenvalue weighted by Crippen LogP contribution is 2.53. The average molecular weight is 390 g/mol. The van der Waals surface area contributed by atoms with Crippen LogP contribution in [0.5, 0.6) is 28.7 Å². The molecule has 0 atom stereocenters. The Morgan fingerprint density at radius 2 is 1.45 bits per heavy atom. The molecule has 2 N–H and O–H groups in total. The van der Waals surface area contributed by atoms with Gasteiger partial charge in [-0.1, -0.05) is 18.2 Å². The summed E-state index contributed by atoms with van der Waals surface area (Å²) < 4.78 is 28.7. The van der Waals surface area contributed by atoms with Gasteiger partial charge in [-0.2, -0.15) is 0 Å². The summed E-state index contributed by atoms with van der Waals surface area (Å²) in [4.78, 5) is 7.07. The van der Waals surface area contributed by atoms with Crippen molar-refractivity contribution in [1.29, 1.82) is 0 Å². The van der Waals surface area contributed by atoms with Crippen molar-refractivity contribution in [1.82, 2.24) is 9.97 Å². The van der Waals surface area contributed by atoms with Gasteiger partial charge in [0.25, 0.3) is 0 Å². The van der Waals surface area contributed by atoms with E-state index in [4.69, 9.17) is 23.7 Å². The molecule has 29 heavy (non-hydrogen) atoms. The molecular weight excluding hydrogens is 372 g/mol. The van der Waals surface area contributed by atoms with E-state index in [1.165, 1.54) is 0 Å². The second-order valence-corrected chi connectivity index (χ2v) is 6.93. The molecule has 6 rings (SSSR count). The number of aromatic nitrogens is 2. The number of benzene rings is 3. The highest BCUT2D eigenvalue weighted by atomic mass is 16.7. The average Bonchev–Trinajstić information content (AvgIpc) is 3.45. The van der Waals surface area contributed by atoms with Gasteiger partial charge >= 0.3 is 0 Å². The SMILES string of the molecule is COc1cc2c([nH]c3c4[nH]c5ccccc5c4c4c(c23)OCO4)c(OC)c1OC. The van der Waals surface area contributed by atoms with Gasteiger partial charge in [-0.3, -0.25) is 0 Å². The first-order chi connectivity index (χ1) is 14.3. The lowest BCUT2D eigenvalue weighted by Crippen LogP contribution is -1.95. The van der Waals surface area contributed by atoms with E-state index >= 15 is 0 Å². The largest absolute Gasteiger partial charge is 0.493 e. The molecule has 0 radical (unpaired) electrons. The normalized spacial score (nSPS) is 13.1. The lowest BCUT2D eigenvalue weighted by molar-refractivity contribution is 0.176. The van der Waals surface area contributed by atoms with Gasteiger partial charge in [0.05, 0.1) is 48.7 Å². The van der Waals surface area contributed by atoms with Gasteiger partial charge in [0, 0.05) is 16.3 Å². The minimum absolute atomic E-state index is 0.181. The molecule has 7 heteroatoms. The predicted octanol–water partition coefficient (Wildman–Crippen LogP) is 4.71. The van der Waals surface area contributed by atoms with Gasteiger partial charge in [-0.15, -0.1) is 0 Å². The first kappa shape index (κ1) is 16.2. The summed E-state index contributed by atoms with van der Waals surface area (Å²) in [7, 11) is 4.82. The lowest BCUT2D eigenvalue weighted by Gasteiger charge is -2.12. The maximum absolute atomic E-state index is 5.94. The van der Waals surface area contributed by atoms with E-state index in [1.54, 1.807) is 21.3 Å². The monoisotopic (exact) mass is 390 g/mol. The number of aromatic amines is 2. The molecule has 0 bridgehead atoms. The Morgan fingerprint density at radius 1 is 0.759 bits per heavy atom. The van der Waals surface area contributed by atoms with Crippen molar-refractivity contribution in [2.45, 2.75) is 0 Å². The minimum atomic E-state index is 0.181. The molecule has 2 aromatic heterocycles. The molecular formula is C22H18N2O5. The van der Waals surface area contributed by atoms with Crippen molar-refractivity contribution in [2.24, 2.45) is 0 Å². The Bertz CT molecular complexity index is 1450. The van der Waals surface area contributed by atoms with Crippen LogP contribution in [0.4, 0.5) is 0 Å². The van der Waals surface area contributed by atoms with Crippen molar-refractivity contribution < 1.29 is 23.7 Å². The number of H-pyrrole nitrogens is 2. The van der Waals surface area contributed by atoms with Gasteiger partial charge in [0.2, 0.25) is 12.5 Å². The van der Waals surface area contributed by atoms with E-state index in [-0.39, 0.29) is 6.79 Å². The maximum Gasteiger partial charge on any atom is 0.231 e. The van der Waals surface area contributed by atoms with Crippen LogP contribution in [-0.4, -0.2) is 38.1 Å². The third-order valence-electron chi connectivity index (χ3n) is 5.62. The fourth-order valence-corrected chi connectivity index (χ4v) is 4.44. The van der Waals surface area contributed by atoms with E-state index in [1.807, 2.05) is 18.2 Å². The molecule has 0 amide bonds. The summed E-state index contributed by atoms with van der Waals surface area (Å²) >= 11 is 0. The highest BCUT2D eigenvalue weighted by Gasteiger charge is 2.29. The van der Waals surface area contributed by atoms with Gasteiger partial charge < -0.3 is 33.7 Å². The van der Waals surface area contributed by atoms with E-state index in [2.05, 4.69) is 22.1 Å². The summed E-state index contributed by atoms with van der Waals surface area (Å²) in [6, 6.07) is 10.1. The molecule has 0 saturated heterocycles. The lowest BCUT2D eigenvalue weighted by atomic mass is 10.1. The number of hydrogen-bond acceptors (Lipinski definition) is 5. The van der Waals surface area contributed by atoms with Crippen LogP contribution in [0.25, 0.3) is 43.6 Å². The summed E-state index contributed by atoms with van der Waals surface area (Å²) in [5.74, 6) is 3.17. The molecule has 0 fully saturated rings. The Balaban J connectivity index is 1.89. The molecule has 0 aliphatic carbocycles. The second kappa shape index (κ2) is 5.64. The van der Waals surface area contributed by atoms with E-state index in [0.717, 1.165) is 55.1 Å². The standard InChI is InChI=1S/C22H18N2O5/c1-25-13-8-11-15-18(24-16(11)22(27-3)19(13)26-2)17-14(20-21(15)29-9-28-20)10-6-4-5-7-12(10)23-17/h4-8,23-24H,9H2,1-3H3. The molecule has 3 heterocycles. The fraction of sp³-hybridized carbons (Fsp3) is 0.182. The number of hydrogen-bond donors (Lipinski definition) is 2. The van der Waals surface area contributed by atoms with Crippen LogP contribution in [0.3, 0.4) is 0 Å². The third kappa shape index (κ3) is 1.91. The molecule has 7 nitrogen and oxygen atoms in total. The van der Waals surface area contributed by atoms with Crippen molar-refractivity contribution >= 4 is 43.6 Å². The van der Waals surface area contributed by atoms with Gasteiger partial charge in [-0.05, 0) is 12.1 Å². The van der Waals surface area contributed by atoms with Crippen LogP contribution in [0.1, 0.15) is 0 Å². The topological polar surface area (TPSA) is 77.7 Å². The van der Waals surface area contributed by atoms with Gasteiger partial charge in [-0.25, -0.2) is 0 Å². The molecule has 0 saturated carbocycles. The van der Waals surface area contributed by atoms with Crippen molar-refractivity contribution in [3.63, 3.8) is 0 Å². The number of para-hydroxylation sites is 1. The predicted molar refractivity (Wildman–Crippen MR) is 111 cm³/mol. The van der Waals surface area contributed by atoms with Crippen LogP contribution >= 0.6 is 0 Å². The Hall–Kier alpha value is -3.74. The fourth-order valence-electron chi connectivity index (χ4n) is 4.44. The summed E-state index contributed by atoms with van der Waals surface area (Å²) in [5, 5.41) is 3.93. The molecule has 3 aromatic carbocycles. The van der Waals surface area contributed by atoms with Crippen LogP contribution in [0.2, 0.25) is 0 Å². The first-order valence-electron chi connectivity index (χ1n) is 9.23. The van der Waals surface area contributed by atoms with Crippen LogP contribution in [0, 0.1) is 0 Å². The number of fused-ring (bicyclic) bond motifs is 10. The first-order valence-corrected chi connectivity index (χ1v) is 9.23. The number of methoxy groups -OCH3 is 3. The molecule has 5 aromatic rings. The van der Waals surface area contributed by atoms with E-state index < -0.39 is 0 Å². The Morgan fingerprint density at radius 3 is 2.17 bits per heavy atom.